The number of ether oxygens (including phenoxy) is 1. The Hall–Kier alpha value is -4.13. The van der Waals surface area contributed by atoms with E-state index in [2.05, 4.69) is 25.0 Å². The van der Waals surface area contributed by atoms with E-state index in [1.165, 1.54) is 41.2 Å². The number of anilines is 2. The van der Waals surface area contributed by atoms with Crippen LogP contribution in [0.1, 0.15) is 41.7 Å². The minimum atomic E-state index is -4.71. The number of nitrogens with zero attached hydrogens (tertiary/aromatic N) is 4. The molecule has 0 aliphatic heterocycles. The first-order chi connectivity index (χ1) is 17.2. The summed E-state index contributed by atoms with van der Waals surface area (Å²) in [5.41, 5.74) is -0.805. The van der Waals surface area contributed by atoms with Crippen LogP contribution in [0.2, 0.25) is 0 Å². The Balaban J connectivity index is 1.37. The second kappa shape index (κ2) is 9.15. The minimum Gasteiger partial charge on any atom is -0.507 e. The van der Waals surface area contributed by atoms with Gasteiger partial charge in [-0.1, -0.05) is 5.16 Å². The number of phenols is 1. The van der Waals surface area contributed by atoms with E-state index in [-0.39, 0.29) is 46.2 Å². The van der Waals surface area contributed by atoms with E-state index in [1.807, 2.05) is 0 Å². The first-order valence-electron chi connectivity index (χ1n) is 11.0. The van der Waals surface area contributed by atoms with Gasteiger partial charge in [-0.05, 0) is 37.8 Å². The second-order valence-electron chi connectivity index (χ2n) is 8.38. The summed E-state index contributed by atoms with van der Waals surface area (Å²) in [5, 5.41) is 26.0. The zero-order chi connectivity index (χ0) is 25.4. The first-order valence-corrected chi connectivity index (χ1v) is 11.0. The van der Waals surface area contributed by atoms with Gasteiger partial charge in [0.05, 0.1) is 23.6 Å². The van der Waals surface area contributed by atoms with Crippen molar-refractivity contribution in [3.05, 3.63) is 54.3 Å². The number of fused-ring (bicyclic) bond motifs is 1. The lowest BCUT2D eigenvalue weighted by Gasteiger charge is -2.25. The van der Waals surface area contributed by atoms with Crippen molar-refractivity contribution in [3.8, 4) is 17.0 Å². The van der Waals surface area contributed by atoms with Crippen LogP contribution < -0.4 is 5.32 Å². The highest BCUT2D eigenvalue weighted by Gasteiger charge is 2.38. The molecule has 0 bridgehead atoms. The van der Waals surface area contributed by atoms with Crippen molar-refractivity contribution in [1.82, 2.24) is 19.5 Å². The van der Waals surface area contributed by atoms with Gasteiger partial charge in [-0.25, -0.2) is 14.8 Å². The maximum atomic E-state index is 13.3. The Labute approximate surface area is 201 Å². The number of carbonyl (C=O) groups excluding carboxylic acids is 1. The van der Waals surface area contributed by atoms with Gasteiger partial charge in [0.1, 0.15) is 23.7 Å². The average molecular weight is 503 g/mol. The maximum Gasteiger partial charge on any atom is 0.437 e. The summed E-state index contributed by atoms with van der Waals surface area (Å²) in [6, 6.07) is 4.22. The van der Waals surface area contributed by atoms with Gasteiger partial charge < -0.3 is 24.8 Å². The van der Waals surface area contributed by atoms with Gasteiger partial charge in [0.15, 0.2) is 17.2 Å². The molecule has 3 aromatic heterocycles. The molecule has 188 valence electrons. The number of hydrogen-bond acceptors (Lipinski definition) is 9. The molecular formula is C23H20F3N5O5. The van der Waals surface area contributed by atoms with Crippen molar-refractivity contribution in [3.63, 3.8) is 0 Å². The molecule has 3 N–H and O–H groups in total. The summed E-state index contributed by atoms with van der Waals surface area (Å²) < 4.78 is 51.2. The van der Waals surface area contributed by atoms with Crippen LogP contribution in [0.4, 0.5) is 24.7 Å². The van der Waals surface area contributed by atoms with Crippen molar-refractivity contribution < 1.29 is 37.4 Å². The first kappa shape index (κ1) is 23.6. The number of aliphatic hydroxyl groups is 1. The van der Waals surface area contributed by atoms with Crippen molar-refractivity contribution in [2.24, 2.45) is 0 Å². The molecule has 4 aromatic rings. The van der Waals surface area contributed by atoms with Gasteiger partial charge in [-0.2, -0.15) is 13.2 Å². The number of benzene rings is 1. The minimum absolute atomic E-state index is 0.0203. The third kappa shape index (κ3) is 4.56. The van der Waals surface area contributed by atoms with Gasteiger partial charge in [-0.15, -0.1) is 0 Å². The Morgan fingerprint density at radius 2 is 1.97 bits per heavy atom. The van der Waals surface area contributed by atoms with Crippen molar-refractivity contribution in [2.75, 3.05) is 5.32 Å². The molecule has 10 nitrogen and oxygen atoms in total. The molecule has 1 saturated carbocycles. The smallest absolute Gasteiger partial charge is 0.437 e. The van der Waals surface area contributed by atoms with E-state index in [9.17, 15) is 28.2 Å². The molecule has 0 spiro atoms. The number of phenolic OH excluding ortho intramolecular Hbond substituents is 1. The Morgan fingerprint density at radius 3 is 2.69 bits per heavy atom. The lowest BCUT2D eigenvalue weighted by molar-refractivity contribution is -0.142. The topological polar surface area (TPSA) is 135 Å². The maximum absolute atomic E-state index is 13.3. The van der Waals surface area contributed by atoms with E-state index < -0.39 is 17.8 Å². The number of aliphatic hydroxyl groups excluding tert-OH is 1. The van der Waals surface area contributed by atoms with Crippen LogP contribution in [0.25, 0.3) is 16.9 Å². The van der Waals surface area contributed by atoms with Crippen LogP contribution in [-0.4, -0.2) is 47.9 Å². The molecule has 3 heterocycles. The fourth-order valence-corrected chi connectivity index (χ4v) is 4.13. The van der Waals surface area contributed by atoms with Gasteiger partial charge >= 0.3 is 12.1 Å². The fourth-order valence-electron chi connectivity index (χ4n) is 4.13. The molecule has 0 saturated heterocycles. The molecular weight excluding hydrogens is 483 g/mol. The largest absolute Gasteiger partial charge is 0.507 e. The molecule has 0 amide bonds. The molecule has 1 aromatic carbocycles. The molecule has 1 fully saturated rings. The Bertz CT molecular complexity index is 1410. The number of nitrogens with one attached hydrogen (secondary N) is 1. The average Bonchev–Trinajstić information content (AvgIpc) is 3.48. The van der Waals surface area contributed by atoms with Crippen LogP contribution in [0.3, 0.4) is 0 Å². The van der Waals surface area contributed by atoms with E-state index in [0.717, 1.165) is 6.26 Å². The predicted molar refractivity (Wildman–Crippen MR) is 119 cm³/mol. The van der Waals surface area contributed by atoms with E-state index >= 15 is 0 Å². The van der Waals surface area contributed by atoms with E-state index in [0.29, 0.717) is 31.4 Å². The molecule has 5 rings (SSSR count). The highest BCUT2D eigenvalue weighted by Crippen LogP contribution is 2.37. The number of aromatic hydroxyl groups is 1. The number of halogens is 3. The van der Waals surface area contributed by atoms with Gasteiger partial charge in [0.2, 0.25) is 0 Å². The van der Waals surface area contributed by atoms with E-state index in [4.69, 9.17) is 4.74 Å². The van der Waals surface area contributed by atoms with Gasteiger partial charge in [0.25, 0.3) is 0 Å². The number of carbonyl (C=O) groups is 1. The quantitative estimate of drug-likeness (QED) is 0.341. The zero-order valence-corrected chi connectivity index (χ0v) is 18.6. The van der Waals surface area contributed by atoms with Crippen LogP contribution in [0.5, 0.6) is 5.75 Å². The normalized spacial score (nSPS) is 18.3. The summed E-state index contributed by atoms with van der Waals surface area (Å²) in [5.74, 6) is -0.798. The molecule has 36 heavy (non-hydrogen) atoms. The number of rotatable bonds is 5. The molecule has 1 aliphatic rings. The SMILES string of the molecule is O=C(OC1CCC(O)CC1)c1ccc(Nc2nccn3c(-c4conc4C(F)(F)F)cnc23)cc1O. The Morgan fingerprint density at radius 1 is 1.19 bits per heavy atom. The van der Waals surface area contributed by atoms with Gasteiger partial charge in [-0.3, -0.25) is 4.40 Å². The molecule has 13 heteroatoms. The summed E-state index contributed by atoms with van der Waals surface area (Å²) in [4.78, 5) is 20.9. The van der Waals surface area contributed by atoms with Crippen molar-refractivity contribution >= 4 is 23.1 Å². The number of aromatic nitrogens is 4. The summed E-state index contributed by atoms with van der Waals surface area (Å²) >= 11 is 0. The molecule has 1 aliphatic carbocycles. The lowest BCUT2D eigenvalue weighted by Crippen LogP contribution is -2.26. The Kier molecular flexibility index (Phi) is 6.00. The molecule has 0 radical (unpaired) electrons. The number of esters is 1. The lowest BCUT2D eigenvalue weighted by atomic mass is 9.95. The number of hydrogen-bond donors (Lipinski definition) is 3. The molecule has 0 unspecified atom stereocenters. The van der Waals surface area contributed by atoms with Crippen LogP contribution in [0, 0.1) is 0 Å². The van der Waals surface area contributed by atoms with Crippen molar-refractivity contribution in [1.29, 1.82) is 0 Å². The monoisotopic (exact) mass is 503 g/mol. The number of imidazole rings is 1. The third-order valence-electron chi connectivity index (χ3n) is 5.94. The van der Waals surface area contributed by atoms with E-state index in [1.54, 1.807) is 0 Å². The van der Waals surface area contributed by atoms with Gasteiger partial charge in [0, 0.05) is 24.1 Å². The van der Waals surface area contributed by atoms with Crippen LogP contribution in [0.15, 0.2) is 47.6 Å². The van der Waals surface area contributed by atoms with Crippen molar-refractivity contribution in [2.45, 2.75) is 44.1 Å². The summed E-state index contributed by atoms with van der Waals surface area (Å²) in [6.07, 6.45) is 1.73. The standard InChI is InChI=1S/C23H20F3N5O5/c24-23(25,26)19-16(11-35-30-19)17-10-28-21-20(27-7-8-31(17)21)29-12-1-6-15(18(33)9-12)22(34)36-14-4-2-13(32)3-5-14/h1,6-11,13-14,32-33H,2-5H2,(H,27,29). The highest BCUT2D eigenvalue weighted by atomic mass is 19.4. The highest BCUT2D eigenvalue weighted by molar-refractivity contribution is 5.93. The number of alkyl halides is 3. The second-order valence-corrected chi connectivity index (χ2v) is 8.38. The zero-order valence-electron chi connectivity index (χ0n) is 18.6. The summed E-state index contributed by atoms with van der Waals surface area (Å²) in [7, 11) is 0. The van der Waals surface area contributed by atoms with Crippen LogP contribution >= 0.6 is 0 Å². The third-order valence-corrected chi connectivity index (χ3v) is 5.94. The molecule has 0 atom stereocenters. The van der Waals surface area contributed by atoms with Crippen LogP contribution in [-0.2, 0) is 10.9 Å². The predicted octanol–water partition coefficient (Wildman–Crippen LogP) is 4.31. The fraction of sp³-hybridized carbons (Fsp3) is 0.304. The summed E-state index contributed by atoms with van der Waals surface area (Å²) in [6.45, 7) is 0.